The van der Waals surface area contributed by atoms with Crippen LogP contribution in [0, 0.1) is 0 Å². The second-order valence-electron chi connectivity index (χ2n) is 3.38. The number of aromatic carboxylic acids is 1. The van der Waals surface area contributed by atoms with Crippen molar-refractivity contribution in [3.63, 3.8) is 0 Å². The van der Waals surface area contributed by atoms with Crippen molar-refractivity contribution in [1.29, 1.82) is 0 Å². The molecule has 1 heterocycles. The summed E-state index contributed by atoms with van der Waals surface area (Å²) in [4.78, 5) is 10.6. The summed E-state index contributed by atoms with van der Waals surface area (Å²) >= 11 is 6.56. The summed E-state index contributed by atoms with van der Waals surface area (Å²) in [6.07, 6.45) is 0. The fourth-order valence-corrected chi connectivity index (χ4v) is 4.04. The Morgan fingerprint density at radius 1 is 1.17 bits per heavy atom. The molecule has 0 bridgehead atoms. The Morgan fingerprint density at radius 2 is 1.78 bits per heavy atom. The quantitative estimate of drug-likeness (QED) is 0.946. The van der Waals surface area contributed by atoms with E-state index in [-0.39, 0.29) is 14.7 Å². The fourth-order valence-electron chi connectivity index (χ4n) is 1.41. The average Bonchev–Trinajstić information content (AvgIpc) is 2.79. The Hall–Kier alpha value is -1.37. The molecule has 0 amide bonds. The molecule has 0 saturated heterocycles. The minimum Gasteiger partial charge on any atom is -0.477 e. The Kier molecular flexibility index (Phi) is 3.43. The van der Waals surface area contributed by atoms with Gasteiger partial charge in [0, 0.05) is 5.02 Å². The smallest absolute Gasteiger partial charge is 0.347 e. The highest BCUT2D eigenvalue weighted by Gasteiger charge is 2.25. The summed E-state index contributed by atoms with van der Waals surface area (Å²) in [6.45, 7) is 0. The van der Waals surface area contributed by atoms with Gasteiger partial charge in [-0.25, -0.2) is 13.2 Å². The van der Waals surface area contributed by atoms with Crippen molar-refractivity contribution in [1.82, 2.24) is 0 Å². The first kappa shape index (κ1) is 13.1. The maximum Gasteiger partial charge on any atom is 0.347 e. The SMILES string of the molecule is O=C(O)c1sccc1S(=O)(=O)c1ccc(Cl)cc1. The molecule has 0 aliphatic rings. The summed E-state index contributed by atoms with van der Waals surface area (Å²) in [7, 11) is -3.82. The van der Waals surface area contributed by atoms with Crippen LogP contribution in [0.25, 0.3) is 0 Å². The number of halogens is 1. The van der Waals surface area contributed by atoms with E-state index in [0.717, 1.165) is 11.3 Å². The predicted molar refractivity (Wildman–Crippen MR) is 68.2 cm³/mol. The van der Waals surface area contributed by atoms with Crippen molar-refractivity contribution in [3.8, 4) is 0 Å². The van der Waals surface area contributed by atoms with E-state index in [1.54, 1.807) is 0 Å². The van der Waals surface area contributed by atoms with Gasteiger partial charge in [-0.15, -0.1) is 11.3 Å². The van der Waals surface area contributed by atoms with Crippen molar-refractivity contribution in [2.45, 2.75) is 9.79 Å². The first-order valence-electron chi connectivity index (χ1n) is 4.74. The number of benzene rings is 1. The molecule has 0 radical (unpaired) electrons. The Bertz CT molecular complexity index is 686. The van der Waals surface area contributed by atoms with Gasteiger partial charge in [0.1, 0.15) is 4.88 Å². The number of thiophene rings is 1. The van der Waals surface area contributed by atoms with Gasteiger partial charge in [-0.3, -0.25) is 0 Å². The highest BCUT2D eigenvalue weighted by atomic mass is 35.5. The maximum absolute atomic E-state index is 12.2. The Labute approximate surface area is 112 Å². The van der Waals surface area contributed by atoms with Crippen molar-refractivity contribution in [2.24, 2.45) is 0 Å². The van der Waals surface area contributed by atoms with Gasteiger partial charge < -0.3 is 5.11 Å². The standard InChI is InChI=1S/C11H7ClO4S2/c12-7-1-3-8(4-2-7)18(15,16)9-5-6-17-10(9)11(13)14/h1-6H,(H,13,14). The maximum atomic E-state index is 12.2. The van der Waals surface area contributed by atoms with Gasteiger partial charge in [0.05, 0.1) is 9.79 Å². The zero-order chi connectivity index (χ0) is 13.3. The van der Waals surface area contributed by atoms with Crippen LogP contribution in [0.2, 0.25) is 5.02 Å². The molecule has 7 heteroatoms. The molecular formula is C11H7ClO4S2. The third-order valence-corrected chi connectivity index (χ3v) is 5.33. The second kappa shape index (κ2) is 4.72. The lowest BCUT2D eigenvalue weighted by atomic mass is 10.4. The molecular weight excluding hydrogens is 296 g/mol. The Morgan fingerprint density at radius 3 is 2.33 bits per heavy atom. The highest BCUT2D eigenvalue weighted by Crippen LogP contribution is 2.28. The van der Waals surface area contributed by atoms with Crippen LogP contribution in [-0.4, -0.2) is 19.5 Å². The van der Waals surface area contributed by atoms with E-state index in [1.165, 1.54) is 35.7 Å². The summed E-state index contributed by atoms with van der Waals surface area (Å²) in [5.74, 6) is -1.25. The molecule has 94 valence electrons. The summed E-state index contributed by atoms with van der Waals surface area (Å²) in [5, 5.41) is 10.8. The van der Waals surface area contributed by atoms with E-state index < -0.39 is 15.8 Å². The number of carbonyl (C=O) groups is 1. The van der Waals surface area contributed by atoms with Crippen LogP contribution in [0.5, 0.6) is 0 Å². The molecule has 0 unspecified atom stereocenters. The number of carboxylic acid groups (broad SMARTS) is 1. The van der Waals surface area contributed by atoms with Crippen LogP contribution in [-0.2, 0) is 9.84 Å². The minimum absolute atomic E-state index is 0.0211. The number of rotatable bonds is 3. The molecule has 0 aliphatic carbocycles. The largest absolute Gasteiger partial charge is 0.477 e. The molecule has 2 aromatic rings. The van der Waals surface area contributed by atoms with E-state index in [4.69, 9.17) is 16.7 Å². The van der Waals surface area contributed by atoms with E-state index in [1.807, 2.05) is 0 Å². The number of hydrogen-bond acceptors (Lipinski definition) is 4. The molecule has 18 heavy (non-hydrogen) atoms. The molecule has 0 atom stereocenters. The molecule has 0 spiro atoms. The monoisotopic (exact) mass is 302 g/mol. The van der Waals surface area contributed by atoms with Gasteiger partial charge in [-0.2, -0.15) is 0 Å². The summed E-state index contributed by atoms with van der Waals surface area (Å²) in [5.41, 5.74) is 0. The molecule has 0 aliphatic heterocycles. The van der Waals surface area contributed by atoms with Crippen molar-refractivity contribution in [3.05, 3.63) is 45.6 Å². The normalized spacial score (nSPS) is 11.4. The van der Waals surface area contributed by atoms with E-state index in [0.29, 0.717) is 5.02 Å². The molecule has 1 N–H and O–H groups in total. The molecule has 2 rings (SSSR count). The topological polar surface area (TPSA) is 71.4 Å². The number of hydrogen-bond donors (Lipinski definition) is 1. The zero-order valence-corrected chi connectivity index (χ0v) is 11.2. The van der Waals surface area contributed by atoms with Crippen molar-refractivity contribution in [2.75, 3.05) is 0 Å². The molecule has 4 nitrogen and oxygen atoms in total. The molecule has 1 aromatic heterocycles. The lowest BCUT2D eigenvalue weighted by Crippen LogP contribution is -2.06. The van der Waals surface area contributed by atoms with Crippen molar-refractivity contribution < 1.29 is 18.3 Å². The lowest BCUT2D eigenvalue weighted by Gasteiger charge is -2.03. The van der Waals surface area contributed by atoms with Crippen LogP contribution in [0.15, 0.2) is 45.5 Å². The third-order valence-electron chi connectivity index (χ3n) is 2.24. The first-order chi connectivity index (χ1) is 8.43. The van der Waals surface area contributed by atoms with Crippen LogP contribution in [0.3, 0.4) is 0 Å². The van der Waals surface area contributed by atoms with E-state index >= 15 is 0 Å². The first-order valence-corrected chi connectivity index (χ1v) is 7.48. The van der Waals surface area contributed by atoms with Gasteiger partial charge in [0.15, 0.2) is 0 Å². The number of sulfone groups is 1. The van der Waals surface area contributed by atoms with Crippen molar-refractivity contribution >= 4 is 38.7 Å². The third kappa shape index (κ3) is 2.27. The fraction of sp³-hybridized carbons (Fsp3) is 0. The summed E-state index contributed by atoms with van der Waals surface area (Å²) in [6, 6.07) is 6.88. The van der Waals surface area contributed by atoms with E-state index in [2.05, 4.69) is 0 Å². The molecule has 0 fully saturated rings. The molecule has 1 aromatic carbocycles. The second-order valence-corrected chi connectivity index (χ2v) is 6.65. The zero-order valence-electron chi connectivity index (χ0n) is 8.83. The average molecular weight is 303 g/mol. The van der Waals surface area contributed by atoms with Crippen LogP contribution in [0.1, 0.15) is 9.67 Å². The predicted octanol–water partition coefficient (Wildman–Crippen LogP) is 2.93. The number of carboxylic acids is 1. The summed E-state index contributed by atoms with van der Waals surface area (Å²) < 4.78 is 24.5. The molecule has 0 saturated carbocycles. The Balaban J connectivity index is 2.58. The van der Waals surface area contributed by atoms with Crippen LogP contribution >= 0.6 is 22.9 Å². The van der Waals surface area contributed by atoms with Gasteiger partial charge in [0.25, 0.3) is 0 Å². The van der Waals surface area contributed by atoms with Gasteiger partial charge in [-0.05, 0) is 35.7 Å². The van der Waals surface area contributed by atoms with Gasteiger partial charge in [-0.1, -0.05) is 11.6 Å². The van der Waals surface area contributed by atoms with Crippen LogP contribution < -0.4 is 0 Å². The highest BCUT2D eigenvalue weighted by molar-refractivity contribution is 7.91. The minimum atomic E-state index is -3.82. The lowest BCUT2D eigenvalue weighted by molar-refractivity contribution is 0.0698. The van der Waals surface area contributed by atoms with Gasteiger partial charge in [0.2, 0.25) is 9.84 Å². The van der Waals surface area contributed by atoms with E-state index in [9.17, 15) is 13.2 Å². The van der Waals surface area contributed by atoms with Gasteiger partial charge >= 0.3 is 5.97 Å². The van der Waals surface area contributed by atoms with Crippen LogP contribution in [0.4, 0.5) is 0 Å².